The lowest BCUT2D eigenvalue weighted by Crippen LogP contribution is -2.05. The van der Waals surface area contributed by atoms with Crippen molar-refractivity contribution >= 4 is 5.78 Å². The molecule has 0 radical (unpaired) electrons. The summed E-state index contributed by atoms with van der Waals surface area (Å²) in [5, 5.41) is 0. The lowest BCUT2D eigenvalue weighted by atomic mass is 10.0. The SMILES string of the molecule is NCCc1ccc(C(=O)C2CC2c2ccccc2)cc1. The molecule has 0 aliphatic heterocycles. The molecule has 0 bridgehead atoms. The van der Waals surface area contributed by atoms with Crippen molar-refractivity contribution in [3.8, 4) is 0 Å². The summed E-state index contributed by atoms with van der Waals surface area (Å²) in [6.45, 7) is 0.645. The van der Waals surface area contributed by atoms with Crippen LogP contribution in [0.5, 0.6) is 0 Å². The van der Waals surface area contributed by atoms with Crippen molar-refractivity contribution in [3.63, 3.8) is 0 Å². The van der Waals surface area contributed by atoms with Crippen LogP contribution in [-0.2, 0) is 6.42 Å². The van der Waals surface area contributed by atoms with Gasteiger partial charge in [0.2, 0.25) is 0 Å². The molecule has 0 saturated heterocycles. The van der Waals surface area contributed by atoms with Crippen LogP contribution < -0.4 is 5.73 Å². The number of carbonyl (C=O) groups is 1. The van der Waals surface area contributed by atoms with Crippen LogP contribution in [0.25, 0.3) is 0 Å². The van der Waals surface area contributed by atoms with Crippen LogP contribution in [-0.4, -0.2) is 12.3 Å². The summed E-state index contributed by atoms with van der Waals surface area (Å²) in [6.07, 6.45) is 1.85. The molecule has 2 atom stereocenters. The van der Waals surface area contributed by atoms with Gasteiger partial charge in [0, 0.05) is 11.5 Å². The number of carbonyl (C=O) groups excluding carboxylic acids is 1. The summed E-state index contributed by atoms with van der Waals surface area (Å²) in [4.78, 5) is 12.4. The molecule has 2 heteroatoms. The van der Waals surface area contributed by atoms with Crippen molar-refractivity contribution < 1.29 is 4.79 Å². The molecule has 2 N–H and O–H groups in total. The Labute approximate surface area is 119 Å². The van der Waals surface area contributed by atoms with E-state index in [4.69, 9.17) is 5.73 Å². The first-order valence-electron chi connectivity index (χ1n) is 7.18. The smallest absolute Gasteiger partial charge is 0.166 e. The second-order valence-electron chi connectivity index (χ2n) is 5.46. The highest BCUT2D eigenvalue weighted by molar-refractivity contribution is 6.00. The number of ketones is 1. The quantitative estimate of drug-likeness (QED) is 0.844. The van der Waals surface area contributed by atoms with Gasteiger partial charge in [0.05, 0.1) is 0 Å². The minimum absolute atomic E-state index is 0.165. The number of Topliss-reactive ketones (excluding diaryl/α,β-unsaturated/α-hetero) is 1. The average Bonchev–Trinajstić information content (AvgIpc) is 3.29. The van der Waals surface area contributed by atoms with Crippen LogP contribution in [0.3, 0.4) is 0 Å². The Bertz CT molecular complexity index is 589. The Morgan fingerprint density at radius 2 is 1.75 bits per heavy atom. The van der Waals surface area contributed by atoms with E-state index in [1.165, 1.54) is 11.1 Å². The van der Waals surface area contributed by atoms with Crippen LogP contribution in [0.1, 0.15) is 33.8 Å². The molecule has 2 unspecified atom stereocenters. The number of hydrogen-bond acceptors (Lipinski definition) is 2. The van der Waals surface area contributed by atoms with E-state index in [1.807, 2.05) is 42.5 Å². The second kappa shape index (κ2) is 5.59. The summed E-state index contributed by atoms with van der Waals surface area (Å²) in [6, 6.07) is 18.2. The Balaban J connectivity index is 1.68. The minimum Gasteiger partial charge on any atom is -0.330 e. The van der Waals surface area contributed by atoms with Gasteiger partial charge < -0.3 is 5.73 Å². The zero-order chi connectivity index (χ0) is 13.9. The van der Waals surface area contributed by atoms with Gasteiger partial charge in [-0.05, 0) is 36.4 Å². The Kier molecular flexibility index (Phi) is 3.66. The van der Waals surface area contributed by atoms with Gasteiger partial charge in [0.25, 0.3) is 0 Å². The van der Waals surface area contributed by atoms with Gasteiger partial charge in [-0.3, -0.25) is 4.79 Å². The number of nitrogens with two attached hydrogens (primary N) is 1. The van der Waals surface area contributed by atoms with Gasteiger partial charge >= 0.3 is 0 Å². The molecule has 0 amide bonds. The van der Waals surface area contributed by atoms with E-state index in [9.17, 15) is 4.79 Å². The molecule has 3 rings (SSSR count). The molecule has 1 aliphatic carbocycles. The van der Waals surface area contributed by atoms with Crippen LogP contribution in [0.15, 0.2) is 54.6 Å². The summed E-state index contributed by atoms with van der Waals surface area (Å²) >= 11 is 0. The fraction of sp³-hybridized carbons (Fsp3) is 0.278. The lowest BCUT2D eigenvalue weighted by molar-refractivity contribution is 0.0965. The first-order chi connectivity index (χ1) is 9.79. The lowest BCUT2D eigenvalue weighted by Gasteiger charge is -2.03. The zero-order valence-corrected chi connectivity index (χ0v) is 11.5. The molecule has 2 nitrogen and oxygen atoms in total. The summed E-state index contributed by atoms with van der Waals surface area (Å²) in [5.74, 6) is 0.850. The molecule has 102 valence electrons. The first kappa shape index (κ1) is 13.1. The molecule has 0 spiro atoms. The fourth-order valence-corrected chi connectivity index (χ4v) is 2.77. The second-order valence-corrected chi connectivity index (χ2v) is 5.46. The van der Waals surface area contributed by atoms with E-state index < -0.39 is 0 Å². The van der Waals surface area contributed by atoms with Gasteiger partial charge in [-0.2, -0.15) is 0 Å². The highest BCUT2D eigenvalue weighted by Crippen LogP contribution is 2.49. The molecule has 1 saturated carbocycles. The van der Waals surface area contributed by atoms with Crippen molar-refractivity contribution in [1.29, 1.82) is 0 Å². The number of hydrogen-bond donors (Lipinski definition) is 1. The van der Waals surface area contributed by atoms with E-state index in [0.29, 0.717) is 12.5 Å². The van der Waals surface area contributed by atoms with E-state index in [2.05, 4.69) is 12.1 Å². The standard InChI is InChI=1S/C18H19NO/c19-11-10-13-6-8-15(9-7-13)18(20)17-12-16(17)14-4-2-1-3-5-14/h1-9,16-17H,10-12,19H2. The Morgan fingerprint density at radius 3 is 2.40 bits per heavy atom. The Hall–Kier alpha value is -1.93. The zero-order valence-electron chi connectivity index (χ0n) is 11.5. The predicted octanol–water partition coefficient (Wildman–Crippen LogP) is 3.17. The molecule has 1 fully saturated rings. The van der Waals surface area contributed by atoms with Crippen LogP contribution >= 0.6 is 0 Å². The van der Waals surface area contributed by atoms with E-state index in [-0.39, 0.29) is 11.7 Å². The molecular weight excluding hydrogens is 246 g/mol. The van der Waals surface area contributed by atoms with Crippen molar-refractivity contribution in [3.05, 3.63) is 71.3 Å². The molecule has 0 heterocycles. The van der Waals surface area contributed by atoms with Gasteiger partial charge in [0.15, 0.2) is 5.78 Å². The molecule has 0 aromatic heterocycles. The highest BCUT2D eigenvalue weighted by Gasteiger charge is 2.43. The summed E-state index contributed by atoms with van der Waals surface area (Å²) in [5.41, 5.74) is 8.84. The Morgan fingerprint density at radius 1 is 1.05 bits per heavy atom. The number of benzene rings is 2. The van der Waals surface area contributed by atoms with Crippen molar-refractivity contribution in [2.24, 2.45) is 11.7 Å². The van der Waals surface area contributed by atoms with E-state index in [1.54, 1.807) is 0 Å². The van der Waals surface area contributed by atoms with Crippen molar-refractivity contribution in [1.82, 2.24) is 0 Å². The maximum atomic E-state index is 12.4. The molecule has 2 aromatic rings. The molecule has 20 heavy (non-hydrogen) atoms. The van der Waals surface area contributed by atoms with Crippen LogP contribution in [0.2, 0.25) is 0 Å². The topological polar surface area (TPSA) is 43.1 Å². The normalized spacial score (nSPS) is 20.6. The van der Waals surface area contributed by atoms with Crippen LogP contribution in [0, 0.1) is 5.92 Å². The maximum Gasteiger partial charge on any atom is 0.166 e. The fourth-order valence-electron chi connectivity index (χ4n) is 2.77. The third-order valence-electron chi connectivity index (χ3n) is 4.03. The predicted molar refractivity (Wildman–Crippen MR) is 80.8 cm³/mol. The first-order valence-corrected chi connectivity index (χ1v) is 7.18. The minimum atomic E-state index is 0.165. The third-order valence-corrected chi connectivity index (χ3v) is 4.03. The summed E-state index contributed by atoms with van der Waals surface area (Å²) < 4.78 is 0. The van der Waals surface area contributed by atoms with Gasteiger partial charge in [0.1, 0.15) is 0 Å². The van der Waals surface area contributed by atoms with Crippen molar-refractivity contribution in [2.75, 3.05) is 6.54 Å². The highest BCUT2D eigenvalue weighted by atomic mass is 16.1. The molecular formula is C18H19NO. The molecule has 1 aliphatic rings. The molecule has 2 aromatic carbocycles. The third kappa shape index (κ3) is 2.66. The number of rotatable bonds is 5. The van der Waals surface area contributed by atoms with Gasteiger partial charge in [-0.25, -0.2) is 0 Å². The van der Waals surface area contributed by atoms with E-state index in [0.717, 1.165) is 18.4 Å². The van der Waals surface area contributed by atoms with Crippen LogP contribution in [0.4, 0.5) is 0 Å². The maximum absolute atomic E-state index is 12.4. The van der Waals surface area contributed by atoms with Gasteiger partial charge in [-0.1, -0.05) is 54.6 Å². The monoisotopic (exact) mass is 265 g/mol. The average molecular weight is 265 g/mol. The van der Waals surface area contributed by atoms with E-state index >= 15 is 0 Å². The largest absolute Gasteiger partial charge is 0.330 e. The summed E-state index contributed by atoms with van der Waals surface area (Å²) in [7, 11) is 0. The van der Waals surface area contributed by atoms with Crippen molar-refractivity contribution in [2.45, 2.75) is 18.8 Å². The van der Waals surface area contributed by atoms with Gasteiger partial charge in [-0.15, -0.1) is 0 Å².